The molecule has 0 bridgehead atoms. The van der Waals surface area contributed by atoms with Crippen molar-refractivity contribution in [3.8, 4) is 0 Å². The first-order chi connectivity index (χ1) is 13.8. The van der Waals surface area contributed by atoms with Crippen molar-refractivity contribution in [1.82, 2.24) is 4.72 Å². The van der Waals surface area contributed by atoms with Crippen LogP contribution in [-0.4, -0.2) is 25.3 Å². The molecule has 154 valence electrons. The molecule has 0 heterocycles. The van der Waals surface area contributed by atoms with Crippen LogP contribution in [0.1, 0.15) is 48.0 Å². The van der Waals surface area contributed by atoms with Gasteiger partial charge in [-0.05, 0) is 43.5 Å². The van der Waals surface area contributed by atoms with E-state index in [1.807, 2.05) is 0 Å². The van der Waals surface area contributed by atoms with E-state index in [-0.39, 0.29) is 27.9 Å². The number of nitrogens with one attached hydrogen (secondary N) is 2. The molecule has 1 fully saturated rings. The van der Waals surface area contributed by atoms with E-state index in [1.165, 1.54) is 36.4 Å². The summed E-state index contributed by atoms with van der Waals surface area (Å²) in [5.41, 5.74) is 0.813. The highest BCUT2D eigenvalue weighted by atomic mass is 32.2. The number of amides is 1. The monoisotopic (exact) mass is 417 g/mol. The van der Waals surface area contributed by atoms with Crippen LogP contribution >= 0.6 is 0 Å². The highest BCUT2D eigenvalue weighted by Crippen LogP contribution is 2.23. The molecule has 0 atom stereocenters. The number of hydrogen-bond donors (Lipinski definition) is 2. The van der Waals surface area contributed by atoms with Crippen LogP contribution in [0.2, 0.25) is 0 Å². The fourth-order valence-electron chi connectivity index (χ4n) is 3.43. The van der Waals surface area contributed by atoms with Crippen LogP contribution in [0.25, 0.3) is 0 Å². The maximum Gasteiger partial charge on any atom is 0.271 e. The van der Waals surface area contributed by atoms with Gasteiger partial charge in [-0.3, -0.25) is 14.9 Å². The molecule has 8 nitrogen and oxygen atoms in total. The summed E-state index contributed by atoms with van der Waals surface area (Å²) in [6.45, 7) is 1.68. The van der Waals surface area contributed by atoms with Gasteiger partial charge in [0, 0.05) is 29.4 Å². The van der Waals surface area contributed by atoms with E-state index in [4.69, 9.17) is 0 Å². The second-order valence-corrected chi connectivity index (χ2v) is 8.88. The summed E-state index contributed by atoms with van der Waals surface area (Å²) in [5, 5.41) is 13.5. The number of nitro benzene ring substituents is 1. The van der Waals surface area contributed by atoms with Gasteiger partial charge in [-0.15, -0.1) is 0 Å². The number of non-ortho nitro benzene ring substituents is 1. The zero-order valence-corrected chi connectivity index (χ0v) is 16.9. The Bertz CT molecular complexity index is 1030. The van der Waals surface area contributed by atoms with Crippen LogP contribution in [0.4, 0.5) is 11.4 Å². The molecular formula is C20H23N3O5S. The first kappa shape index (κ1) is 20.9. The van der Waals surface area contributed by atoms with E-state index in [0.717, 1.165) is 32.1 Å². The van der Waals surface area contributed by atoms with Crippen molar-refractivity contribution < 1.29 is 18.1 Å². The average molecular weight is 417 g/mol. The number of anilines is 1. The lowest BCUT2D eigenvalue weighted by Crippen LogP contribution is -2.36. The van der Waals surface area contributed by atoms with Gasteiger partial charge in [-0.2, -0.15) is 0 Å². The maximum absolute atomic E-state index is 12.9. The first-order valence-corrected chi connectivity index (χ1v) is 10.9. The number of hydrogen-bond acceptors (Lipinski definition) is 5. The molecule has 0 unspecified atom stereocenters. The lowest BCUT2D eigenvalue weighted by molar-refractivity contribution is -0.384. The largest absolute Gasteiger partial charge is 0.322 e. The van der Waals surface area contributed by atoms with Gasteiger partial charge in [0.05, 0.1) is 9.82 Å². The average Bonchev–Trinajstić information content (AvgIpc) is 2.68. The number of carbonyl (C=O) groups is 1. The van der Waals surface area contributed by atoms with E-state index in [0.29, 0.717) is 5.56 Å². The molecule has 3 rings (SSSR count). The summed E-state index contributed by atoms with van der Waals surface area (Å²) in [7, 11) is -3.76. The fraction of sp³-hybridized carbons (Fsp3) is 0.350. The van der Waals surface area contributed by atoms with Crippen molar-refractivity contribution >= 4 is 27.3 Å². The Kier molecular flexibility index (Phi) is 6.29. The lowest BCUT2D eigenvalue weighted by Gasteiger charge is -2.23. The van der Waals surface area contributed by atoms with E-state index >= 15 is 0 Å². The summed E-state index contributed by atoms with van der Waals surface area (Å²) < 4.78 is 28.5. The second kappa shape index (κ2) is 8.71. The van der Waals surface area contributed by atoms with Gasteiger partial charge >= 0.3 is 0 Å². The Hall–Kier alpha value is -2.78. The van der Waals surface area contributed by atoms with Gasteiger partial charge in [0.1, 0.15) is 0 Å². The highest BCUT2D eigenvalue weighted by Gasteiger charge is 2.24. The molecule has 1 saturated carbocycles. The number of benzene rings is 2. The summed E-state index contributed by atoms with van der Waals surface area (Å²) in [5.74, 6) is -0.542. The Morgan fingerprint density at radius 3 is 2.52 bits per heavy atom. The molecule has 2 aromatic rings. The molecule has 0 spiro atoms. The van der Waals surface area contributed by atoms with Crippen molar-refractivity contribution in [3.05, 3.63) is 63.7 Å². The van der Waals surface area contributed by atoms with Gasteiger partial charge in [-0.1, -0.05) is 31.4 Å². The molecule has 0 saturated heterocycles. The standard InChI is InChI=1S/C20H23N3O5S/c1-14-10-11-15(20(24)21-17-8-5-9-18(13-17)23(25)26)12-19(14)29(27,28)22-16-6-3-2-4-7-16/h5,8-13,16,22H,2-4,6-7H2,1H3,(H,21,24). The first-order valence-electron chi connectivity index (χ1n) is 9.45. The third-order valence-electron chi connectivity index (χ3n) is 4.98. The molecule has 1 aliphatic carbocycles. The van der Waals surface area contributed by atoms with E-state index < -0.39 is 20.9 Å². The Balaban J connectivity index is 1.81. The van der Waals surface area contributed by atoms with Gasteiger partial charge in [0.15, 0.2) is 0 Å². The van der Waals surface area contributed by atoms with Crippen LogP contribution in [0.15, 0.2) is 47.4 Å². The SMILES string of the molecule is Cc1ccc(C(=O)Nc2cccc([N+](=O)[O-])c2)cc1S(=O)(=O)NC1CCCCC1. The summed E-state index contributed by atoms with van der Waals surface area (Å²) in [6.07, 6.45) is 4.73. The van der Waals surface area contributed by atoms with Gasteiger partial charge in [-0.25, -0.2) is 13.1 Å². The quantitative estimate of drug-likeness (QED) is 0.548. The highest BCUT2D eigenvalue weighted by molar-refractivity contribution is 7.89. The molecular weight excluding hydrogens is 394 g/mol. The maximum atomic E-state index is 12.9. The van der Waals surface area contributed by atoms with Crippen molar-refractivity contribution in [1.29, 1.82) is 0 Å². The minimum atomic E-state index is -3.76. The number of carbonyl (C=O) groups excluding carboxylic acids is 1. The van der Waals surface area contributed by atoms with Crippen molar-refractivity contribution in [2.24, 2.45) is 0 Å². The van der Waals surface area contributed by atoms with Crippen LogP contribution < -0.4 is 10.0 Å². The fourth-order valence-corrected chi connectivity index (χ4v) is 5.01. The molecule has 0 aromatic heterocycles. The molecule has 1 amide bonds. The Morgan fingerprint density at radius 1 is 1.10 bits per heavy atom. The molecule has 9 heteroatoms. The second-order valence-electron chi connectivity index (χ2n) is 7.20. The normalized spacial score (nSPS) is 15.1. The Labute approximate surface area is 169 Å². The van der Waals surface area contributed by atoms with Crippen LogP contribution in [-0.2, 0) is 10.0 Å². The summed E-state index contributed by atoms with van der Waals surface area (Å²) in [6, 6.07) is 9.92. The van der Waals surface area contributed by atoms with Crippen LogP contribution in [0, 0.1) is 17.0 Å². The van der Waals surface area contributed by atoms with Crippen molar-refractivity contribution in [3.63, 3.8) is 0 Å². The number of nitrogens with zero attached hydrogens (tertiary/aromatic N) is 1. The van der Waals surface area contributed by atoms with Gasteiger partial charge < -0.3 is 5.32 Å². The molecule has 29 heavy (non-hydrogen) atoms. The predicted octanol–water partition coefficient (Wildman–Crippen LogP) is 3.77. The van der Waals surface area contributed by atoms with Crippen molar-refractivity contribution in [2.45, 2.75) is 50.0 Å². The number of sulfonamides is 1. The zero-order chi connectivity index (χ0) is 21.0. The zero-order valence-electron chi connectivity index (χ0n) is 16.1. The molecule has 2 aromatic carbocycles. The van der Waals surface area contributed by atoms with Crippen molar-refractivity contribution in [2.75, 3.05) is 5.32 Å². The molecule has 1 aliphatic rings. The third-order valence-corrected chi connectivity index (χ3v) is 6.64. The molecule has 0 radical (unpaired) electrons. The lowest BCUT2D eigenvalue weighted by atomic mass is 9.96. The predicted molar refractivity (Wildman–Crippen MR) is 109 cm³/mol. The summed E-state index contributed by atoms with van der Waals surface area (Å²) >= 11 is 0. The third kappa shape index (κ3) is 5.18. The Morgan fingerprint density at radius 2 is 1.83 bits per heavy atom. The van der Waals surface area contributed by atoms with E-state index in [9.17, 15) is 23.3 Å². The van der Waals surface area contributed by atoms with Crippen LogP contribution in [0.5, 0.6) is 0 Å². The van der Waals surface area contributed by atoms with Gasteiger partial charge in [0.25, 0.3) is 11.6 Å². The van der Waals surface area contributed by atoms with E-state index in [1.54, 1.807) is 13.0 Å². The number of rotatable bonds is 6. The van der Waals surface area contributed by atoms with E-state index in [2.05, 4.69) is 10.0 Å². The number of aryl methyl sites for hydroxylation is 1. The smallest absolute Gasteiger partial charge is 0.271 e. The number of nitro groups is 1. The molecule has 0 aliphatic heterocycles. The molecule has 2 N–H and O–H groups in total. The van der Waals surface area contributed by atoms with Gasteiger partial charge in [0.2, 0.25) is 10.0 Å². The minimum Gasteiger partial charge on any atom is -0.322 e. The van der Waals surface area contributed by atoms with Crippen LogP contribution in [0.3, 0.4) is 0 Å². The topological polar surface area (TPSA) is 118 Å². The minimum absolute atomic E-state index is 0.0646. The summed E-state index contributed by atoms with van der Waals surface area (Å²) in [4.78, 5) is 23.0.